The third-order valence-electron chi connectivity index (χ3n) is 5.02. The van der Waals surface area contributed by atoms with Crippen LogP contribution in [0.3, 0.4) is 0 Å². The van der Waals surface area contributed by atoms with E-state index in [-0.39, 0.29) is 5.92 Å². The van der Waals surface area contributed by atoms with E-state index in [2.05, 4.69) is 5.32 Å². The van der Waals surface area contributed by atoms with Crippen molar-refractivity contribution in [2.24, 2.45) is 11.8 Å². The minimum absolute atomic E-state index is 0.0831. The van der Waals surface area contributed by atoms with E-state index in [1.807, 2.05) is 0 Å². The summed E-state index contributed by atoms with van der Waals surface area (Å²) in [4.78, 5) is 10.9. The van der Waals surface area contributed by atoms with E-state index < -0.39 is 5.97 Å². The summed E-state index contributed by atoms with van der Waals surface area (Å²) in [5.74, 6) is 0.300. The fourth-order valence-electron chi connectivity index (χ4n) is 3.72. The van der Waals surface area contributed by atoms with Gasteiger partial charge in [-0.25, -0.2) is 0 Å². The van der Waals surface area contributed by atoms with Crippen LogP contribution in [0.2, 0.25) is 0 Å². The second kappa shape index (κ2) is 7.88. The van der Waals surface area contributed by atoms with Crippen molar-refractivity contribution < 1.29 is 9.90 Å². The van der Waals surface area contributed by atoms with Gasteiger partial charge in [-0.3, -0.25) is 4.79 Å². The Bertz CT molecular complexity index is 266. The minimum atomic E-state index is -0.601. The SMILES string of the molecule is O=C(O)C1CCC(NCCCC2CCCCC2)CC1. The molecule has 0 aliphatic heterocycles. The molecule has 110 valence electrons. The number of nitrogens with one attached hydrogen (secondary N) is 1. The van der Waals surface area contributed by atoms with Gasteiger partial charge in [0.2, 0.25) is 0 Å². The second-order valence-corrected chi connectivity index (χ2v) is 6.49. The van der Waals surface area contributed by atoms with Gasteiger partial charge in [-0.15, -0.1) is 0 Å². The van der Waals surface area contributed by atoms with Gasteiger partial charge in [-0.05, 0) is 51.0 Å². The Morgan fingerprint density at radius 3 is 2.32 bits per heavy atom. The molecule has 2 N–H and O–H groups in total. The molecule has 2 aliphatic carbocycles. The molecule has 2 saturated carbocycles. The van der Waals surface area contributed by atoms with Crippen molar-refractivity contribution in [2.45, 2.75) is 76.7 Å². The lowest BCUT2D eigenvalue weighted by atomic mass is 9.85. The summed E-state index contributed by atoms with van der Waals surface area (Å²) in [6, 6.07) is 0.571. The zero-order chi connectivity index (χ0) is 13.5. The molecule has 0 aromatic carbocycles. The summed E-state index contributed by atoms with van der Waals surface area (Å²) < 4.78 is 0. The maximum atomic E-state index is 10.9. The topological polar surface area (TPSA) is 49.3 Å². The molecule has 0 spiro atoms. The van der Waals surface area contributed by atoms with Gasteiger partial charge < -0.3 is 10.4 Å². The molecule has 2 rings (SSSR count). The van der Waals surface area contributed by atoms with Crippen LogP contribution in [0.5, 0.6) is 0 Å². The maximum absolute atomic E-state index is 10.9. The zero-order valence-electron chi connectivity index (χ0n) is 12.1. The molecule has 0 aromatic heterocycles. The number of carbonyl (C=O) groups is 1. The lowest BCUT2D eigenvalue weighted by Gasteiger charge is -2.27. The van der Waals surface area contributed by atoms with E-state index in [9.17, 15) is 4.79 Å². The first-order chi connectivity index (χ1) is 9.25. The third-order valence-corrected chi connectivity index (χ3v) is 5.02. The van der Waals surface area contributed by atoms with Gasteiger partial charge in [0.05, 0.1) is 5.92 Å². The van der Waals surface area contributed by atoms with E-state index in [1.165, 1.54) is 44.9 Å². The van der Waals surface area contributed by atoms with E-state index in [0.717, 1.165) is 38.1 Å². The average molecular weight is 267 g/mol. The molecule has 3 heteroatoms. The van der Waals surface area contributed by atoms with Crippen molar-refractivity contribution in [3.63, 3.8) is 0 Å². The molecule has 0 atom stereocenters. The van der Waals surface area contributed by atoms with E-state index >= 15 is 0 Å². The monoisotopic (exact) mass is 267 g/mol. The van der Waals surface area contributed by atoms with E-state index in [1.54, 1.807) is 0 Å². The van der Waals surface area contributed by atoms with E-state index in [4.69, 9.17) is 5.11 Å². The predicted octanol–water partition coefficient (Wildman–Crippen LogP) is 3.58. The van der Waals surface area contributed by atoms with Crippen molar-refractivity contribution >= 4 is 5.97 Å². The number of hydrogen-bond acceptors (Lipinski definition) is 2. The summed E-state index contributed by atoms with van der Waals surface area (Å²) in [6.45, 7) is 1.12. The van der Waals surface area contributed by atoms with Crippen LogP contribution >= 0.6 is 0 Å². The molecule has 0 bridgehead atoms. The zero-order valence-corrected chi connectivity index (χ0v) is 12.1. The third kappa shape index (κ3) is 5.13. The molecule has 3 nitrogen and oxygen atoms in total. The molecule has 19 heavy (non-hydrogen) atoms. The predicted molar refractivity (Wildman–Crippen MR) is 77.2 cm³/mol. The van der Waals surface area contributed by atoms with Crippen LogP contribution in [0.15, 0.2) is 0 Å². The summed E-state index contributed by atoms with van der Waals surface area (Å²) in [5.41, 5.74) is 0. The van der Waals surface area contributed by atoms with Crippen molar-refractivity contribution in [1.82, 2.24) is 5.32 Å². The van der Waals surface area contributed by atoms with Gasteiger partial charge in [0.25, 0.3) is 0 Å². The molecule has 0 saturated heterocycles. The highest BCUT2D eigenvalue weighted by atomic mass is 16.4. The molecular formula is C16H29NO2. The Balaban J connectivity index is 1.51. The van der Waals surface area contributed by atoms with Gasteiger partial charge >= 0.3 is 5.97 Å². The largest absolute Gasteiger partial charge is 0.481 e. The smallest absolute Gasteiger partial charge is 0.306 e. The van der Waals surface area contributed by atoms with Crippen LogP contribution in [0.25, 0.3) is 0 Å². The van der Waals surface area contributed by atoms with Crippen LogP contribution in [-0.2, 0) is 4.79 Å². The Morgan fingerprint density at radius 2 is 1.68 bits per heavy atom. The molecule has 0 heterocycles. The van der Waals surface area contributed by atoms with Gasteiger partial charge in [-0.2, -0.15) is 0 Å². The number of aliphatic carboxylic acids is 1. The number of carboxylic acids is 1. The fourth-order valence-corrected chi connectivity index (χ4v) is 3.72. The standard InChI is InChI=1S/C16H29NO2/c18-16(19)14-8-10-15(11-9-14)17-12-4-7-13-5-2-1-3-6-13/h13-15,17H,1-12H2,(H,18,19). The number of hydrogen-bond donors (Lipinski definition) is 2. The highest BCUT2D eigenvalue weighted by molar-refractivity contribution is 5.70. The summed E-state index contributed by atoms with van der Waals surface area (Å²) >= 11 is 0. The maximum Gasteiger partial charge on any atom is 0.306 e. The first-order valence-corrected chi connectivity index (χ1v) is 8.22. The Hall–Kier alpha value is -0.570. The average Bonchev–Trinajstić information content (AvgIpc) is 2.45. The van der Waals surface area contributed by atoms with Crippen molar-refractivity contribution in [3.8, 4) is 0 Å². The highest BCUT2D eigenvalue weighted by Gasteiger charge is 2.25. The molecule has 0 amide bonds. The molecule has 2 fully saturated rings. The van der Waals surface area contributed by atoms with Crippen LogP contribution in [0.4, 0.5) is 0 Å². The normalized spacial score (nSPS) is 29.3. The quantitative estimate of drug-likeness (QED) is 0.723. The van der Waals surface area contributed by atoms with E-state index in [0.29, 0.717) is 6.04 Å². The van der Waals surface area contributed by atoms with Crippen LogP contribution in [-0.4, -0.2) is 23.7 Å². The first kappa shape index (κ1) is 14.8. The molecule has 0 aromatic rings. The number of rotatable bonds is 6. The summed E-state index contributed by atoms with van der Waals surface area (Å²) in [6.07, 6.45) is 13.7. The lowest BCUT2D eigenvalue weighted by Crippen LogP contribution is -2.35. The number of carboxylic acid groups (broad SMARTS) is 1. The van der Waals surface area contributed by atoms with Gasteiger partial charge in [0.15, 0.2) is 0 Å². The Kier molecular flexibility index (Phi) is 6.15. The Labute approximate surface area is 117 Å². The Morgan fingerprint density at radius 1 is 1.00 bits per heavy atom. The second-order valence-electron chi connectivity index (χ2n) is 6.49. The first-order valence-electron chi connectivity index (χ1n) is 8.22. The minimum Gasteiger partial charge on any atom is -0.481 e. The summed E-state index contributed by atoms with van der Waals surface area (Å²) in [7, 11) is 0. The van der Waals surface area contributed by atoms with Crippen molar-refractivity contribution in [1.29, 1.82) is 0 Å². The van der Waals surface area contributed by atoms with Crippen molar-refractivity contribution in [2.75, 3.05) is 6.54 Å². The van der Waals surface area contributed by atoms with Crippen LogP contribution in [0, 0.1) is 11.8 Å². The fraction of sp³-hybridized carbons (Fsp3) is 0.938. The highest BCUT2D eigenvalue weighted by Crippen LogP contribution is 2.27. The molecule has 2 aliphatic rings. The summed E-state index contributed by atoms with van der Waals surface area (Å²) in [5, 5.41) is 12.6. The van der Waals surface area contributed by atoms with Crippen LogP contribution in [0.1, 0.15) is 70.6 Å². The van der Waals surface area contributed by atoms with Crippen molar-refractivity contribution in [3.05, 3.63) is 0 Å². The lowest BCUT2D eigenvalue weighted by molar-refractivity contribution is -0.142. The molecule has 0 unspecified atom stereocenters. The van der Waals surface area contributed by atoms with Crippen LogP contribution < -0.4 is 5.32 Å². The molecular weight excluding hydrogens is 238 g/mol. The van der Waals surface area contributed by atoms with Gasteiger partial charge in [0.1, 0.15) is 0 Å². The van der Waals surface area contributed by atoms with Gasteiger partial charge in [0, 0.05) is 6.04 Å². The van der Waals surface area contributed by atoms with Gasteiger partial charge in [-0.1, -0.05) is 32.1 Å². The molecule has 0 radical (unpaired) electrons.